The minimum Gasteiger partial charge on any atom is -0.456 e. The van der Waals surface area contributed by atoms with Crippen LogP contribution in [-0.4, -0.2) is 16.6 Å². The van der Waals surface area contributed by atoms with Crippen LogP contribution in [0.5, 0.6) is 0 Å². The Morgan fingerprint density at radius 2 is 2.12 bits per heavy atom. The molecule has 1 aliphatic rings. The summed E-state index contributed by atoms with van der Waals surface area (Å²) in [4.78, 5) is 16.0. The molecule has 92 valence electrons. The van der Waals surface area contributed by atoms with Crippen molar-refractivity contribution >= 4 is 17.6 Å². The van der Waals surface area contributed by atoms with Crippen molar-refractivity contribution in [2.75, 3.05) is 0 Å². The van der Waals surface area contributed by atoms with E-state index >= 15 is 0 Å². The van der Waals surface area contributed by atoms with Gasteiger partial charge in [-0.25, -0.2) is 9.78 Å². The van der Waals surface area contributed by atoms with Gasteiger partial charge in [0.2, 0.25) is 0 Å². The smallest absolute Gasteiger partial charge is 0.341 e. The second kappa shape index (κ2) is 4.30. The van der Waals surface area contributed by atoms with Gasteiger partial charge < -0.3 is 4.74 Å². The number of aromatic nitrogens is 1. The molecule has 2 rings (SSSR count). The molecule has 0 aromatic carbocycles. The van der Waals surface area contributed by atoms with Crippen LogP contribution in [0.15, 0.2) is 12.3 Å². The van der Waals surface area contributed by atoms with Crippen molar-refractivity contribution < 1.29 is 9.53 Å². The zero-order chi connectivity index (χ0) is 12.6. The van der Waals surface area contributed by atoms with E-state index in [1.807, 2.05) is 20.8 Å². The fraction of sp³-hybridized carbons (Fsp3) is 0.538. The minimum atomic E-state index is -0.518. The molecule has 1 aliphatic carbocycles. The number of rotatable bonds is 2. The molecule has 0 atom stereocenters. The molecule has 1 fully saturated rings. The van der Waals surface area contributed by atoms with Crippen LogP contribution >= 0.6 is 11.6 Å². The van der Waals surface area contributed by atoms with Crippen molar-refractivity contribution in [2.24, 2.45) is 0 Å². The molecular formula is C13H16ClNO2. The zero-order valence-corrected chi connectivity index (χ0v) is 11.0. The van der Waals surface area contributed by atoms with Gasteiger partial charge in [-0.1, -0.05) is 11.6 Å². The van der Waals surface area contributed by atoms with Crippen LogP contribution in [0.4, 0.5) is 0 Å². The van der Waals surface area contributed by atoms with Gasteiger partial charge in [0, 0.05) is 6.20 Å². The van der Waals surface area contributed by atoms with E-state index in [2.05, 4.69) is 4.98 Å². The van der Waals surface area contributed by atoms with Gasteiger partial charge in [0.05, 0.1) is 5.56 Å². The van der Waals surface area contributed by atoms with Gasteiger partial charge >= 0.3 is 5.97 Å². The van der Waals surface area contributed by atoms with E-state index in [0.29, 0.717) is 11.5 Å². The summed E-state index contributed by atoms with van der Waals surface area (Å²) in [5, 5.41) is 0.212. The Bertz CT molecular complexity index is 447. The van der Waals surface area contributed by atoms with Crippen LogP contribution in [0.1, 0.15) is 55.5 Å². The normalized spacial score (nSPS) is 15.8. The predicted octanol–water partition coefficient (Wildman–Crippen LogP) is 3.57. The summed E-state index contributed by atoms with van der Waals surface area (Å²) in [5.74, 6) is 0.137. The number of ether oxygens (including phenoxy) is 1. The molecule has 0 bridgehead atoms. The molecule has 1 heterocycles. The average molecular weight is 254 g/mol. The first-order chi connectivity index (χ1) is 7.87. The first-order valence-corrected chi connectivity index (χ1v) is 6.13. The highest BCUT2D eigenvalue weighted by Crippen LogP contribution is 2.40. The molecule has 1 aromatic rings. The van der Waals surface area contributed by atoms with Gasteiger partial charge in [-0.2, -0.15) is 0 Å². The van der Waals surface area contributed by atoms with Crippen LogP contribution in [0.25, 0.3) is 0 Å². The number of pyridine rings is 1. The summed E-state index contributed by atoms with van der Waals surface area (Å²) < 4.78 is 5.30. The lowest BCUT2D eigenvalue weighted by atomic mass is 10.1. The third-order valence-electron chi connectivity index (χ3n) is 2.53. The molecule has 0 unspecified atom stereocenters. The number of carbonyl (C=O) groups is 1. The maximum Gasteiger partial charge on any atom is 0.341 e. The molecule has 3 nitrogen and oxygen atoms in total. The first-order valence-electron chi connectivity index (χ1n) is 5.75. The van der Waals surface area contributed by atoms with Gasteiger partial charge in [-0.15, -0.1) is 0 Å². The number of hydrogen-bond donors (Lipinski definition) is 0. The Labute approximate surface area is 106 Å². The van der Waals surface area contributed by atoms with Crippen LogP contribution in [0.2, 0.25) is 5.15 Å². The van der Waals surface area contributed by atoms with Crippen LogP contribution in [0.3, 0.4) is 0 Å². The van der Waals surface area contributed by atoms with Gasteiger partial charge in [0.15, 0.2) is 0 Å². The fourth-order valence-electron chi connectivity index (χ4n) is 1.58. The SMILES string of the molecule is CC(C)(C)OC(=O)c1cc(C2CC2)cnc1Cl. The molecule has 17 heavy (non-hydrogen) atoms. The van der Waals surface area contributed by atoms with Gasteiger partial charge in [0.25, 0.3) is 0 Å². The van der Waals surface area contributed by atoms with E-state index in [0.717, 1.165) is 18.4 Å². The largest absolute Gasteiger partial charge is 0.456 e. The molecule has 0 spiro atoms. The lowest BCUT2D eigenvalue weighted by molar-refractivity contribution is 0.00692. The Morgan fingerprint density at radius 3 is 2.65 bits per heavy atom. The monoisotopic (exact) mass is 253 g/mol. The summed E-state index contributed by atoms with van der Waals surface area (Å²) >= 11 is 5.93. The van der Waals surface area contributed by atoms with E-state index < -0.39 is 11.6 Å². The maximum absolute atomic E-state index is 11.9. The van der Waals surface area contributed by atoms with E-state index in [1.165, 1.54) is 0 Å². The molecular weight excluding hydrogens is 238 g/mol. The number of nitrogens with zero attached hydrogens (tertiary/aromatic N) is 1. The third-order valence-corrected chi connectivity index (χ3v) is 2.83. The lowest BCUT2D eigenvalue weighted by Crippen LogP contribution is -2.24. The van der Waals surface area contributed by atoms with Gasteiger partial charge in [0.1, 0.15) is 10.8 Å². The summed E-state index contributed by atoms with van der Waals surface area (Å²) in [5.41, 5.74) is 0.928. The average Bonchev–Trinajstić information content (AvgIpc) is 2.99. The standard InChI is InChI=1S/C13H16ClNO2/c1-13(2,3)17-12(16)10-6-9(8-4-5-8)7-15-11(10)14/h6-8H,4-5H2,1-3H3. The van der Waals surface area contributed by atoms with E-state index in [1.54, 1.807) is 12.3 Å². The number of esters is 1. The highest BCUT2D eigenvalue weighted by molar-refractivity contribution is 6.32. The van der Waals surface area contributed by atoms with E-state index in [9.17, 15) is 4.79 Å². The second-order valence-corrected chi connectivity index (χ2v) is 5.74. The van der Waals surface area contributed by atoms with Crippen LogP contribution in [0, 0.1) is 0 Å². The Kier molecular flexibility index (Phi) is 3.13. The van der Waals surface area contributed by atoms with Gasteiger partial charge in [-0.05, 0) is 51.2 Å². The molecule has 4 heteroatoms. The minimum absolute atomic E-state index is 0.212. The Morgan fingerprint density at radius 1 is 1.47 bits per heavy atom. The highest BCUT2D eigenvalue weighted by Gasteiger charge is 2.27. The van der Waals surface area contributed by atoms with Crippen molar-refractivity contribution in [1.82, 2.24) is 4.98 Å². The van der Waals surface area contributed by atoms with Crippen molar-refractivity contribution in [2.45, 2.75) is 45.1 Å². The Balaban J connectivity index is 2.24. The lowest BCUT2D eigenvalue weighted by Gasteiger charge is -2.19. The topological polar surface area (TPSA) is 39.2 Å². The molecule has 0 amide bonds. The fourth-order valence-corrected chi connectivity index (χ4v) is 1.76. The van der Waals surface area contributed by atoms with Gasteiger partial charge in [-0.3, -0.25) is 0 Å². The van der Waals surface area contributed by atoms with E-state index in [4.69, 9.17) is 16.3 Å². The van der Waals surface area contributed by atoms with Crippen molar-refractivity contribution in [3.05, 3.63) is 28.5 Å². The quantitative estimate of drug-likeness (QED) is 0.598. The summed E-state index contributed by atoms with van der Waals surface area (Å²) in [6.45, 7) is 5.49. The molecule has 0 N–H and O–H groups in total. The van der Waals surface area contributed by atoms with Crippen molar-refractivity contribution in [1.29, 1.82) is 0 Å². The molecule has 0 saturated heterocycles. The van der Waals surface area contributed by atoms with Crippen LogP contribution < -0.4 is 0 Å². The summed E-state index contributed by atoms with van der Waals surface area (Å²) in [6, 6.07) is 1.81. The number of carbonyl (C=O) groups excluding carboxylic acids is 1. The Hall–Kier alpha value is -1.09. The van der Waals surface area contributed by atoms with E-state index in [-0.39, 0.29) is 5.15 Å². The first kappa shape index (κ1) is 12.4. The third kappa shape index (κ3) is 3.19. The number of hydrogen-bond acceptors (Lipinski definition) is 3. The summed E-state index contributed by atoms with van der Waals surface area (Å²) in [6.07, 6.45) is 4.07. The predicted molar refractivity (Wildman–Crippen MR) is 66.4 cm³/mol. The second-order valence-electron chi connectivity index (χ2n) is 5.38. The van der Waals surface area contributed by atoms with Crippen molar-refractivity contribution in [3.8, 4) is 0 Å². The maximum atomic E-state index is 11.9. The van der Waals surface area contributed by atoms with Crippen molar-refractivity contribution in [3.63, 3.8) is 0 Å². The number of halogens is 1. The molecule has 0 aliphatic heterocycles. The molecule has 1 aromatic heterocycles. The summed E-state index contributed by atoms with van der Waals surface area (Å²) in [7, 11) is 0. The zero-order valence-electron chi connectivity index (χ0n) is 10.3. The van der Waals surface area contributed by atoms with Crippen LogP contribution in [-0.2, 0) is 4.74 Å². The highest BCUT2D eigenvalue weighted by atomic mass is 35.5. The molecule has 0 radical (unpaired) electrons. The molecule has 1 saturated carbocycles.